The highest BCUT2D eigenvalue weighted by molar-refractivity contribution is 14.1. The second kappa shape index (κ2) is 7.61. The maximum Gasteiger partial charge on any atom is 0.119 e. The normalized spacial score (nSPS) is 12.2. The SMILES string of the molecule is CNC(Cc1cc(OC)ccc1Br)c1cccc(C)c1I. The van der Waals surface area contributed by atoms with Crippen LogP contribution < -0.4 is 10.1 Å². The third-order valence-corrected chi connectivity index (χ3v) is 5.87. The second-order valence-electron chi connectivity index (χ2n) is 4.98. The van der Waals surface area contributed by atoms with Crippen LogP contribution in [0.3, 0.4) is 0 Å². The lowest BCUT2D eigenvalue weighted by Gasteiger charge is -2.20. The Bertz CT molecular complexity index is 630. The first-order chi connectivity index (χ1) is 10.1. The molecular weight excluding hydrogens is 441 g/mol. The van der Waals surface area contributed by atoms with Crippen molar-refractivity contribution in [1.29, 1.82) is 0 Å². The largest absolute Gasteiger partial charge is 0.497 e. The number of nitrogens with one attached hydrogen (secondary N) is 1. The van der Waals surface area contributed by atoms with Crippen LogP contribution in [0.25, 0.3) is 0 Å². The van der Waals surface area contributed by atoms with Crippen LogP contribution in [-0.4, -0.2) is 14.2 Å². The number of likely N-dealkylation sites (N-methyl/N-ethyl adjacent to an activating group) is 1. The van der Waals surface area contributed by atoms with Gasteiger partial charge < -0.3 is 10.1 Å². The van der Waals surface area contributed by atoms with Gasteiger partial charge in [-0.2, -0.15) is 0 Å². The van der Waals surface area contributed by atoms with Crippen molar-refractivity contribution in [3.8, 4) is 5.75 Å². The van der Waals surface area contributed by atoms with Crippen molar-refractivity contribution >= 4 is 38.5 Å². The molecule has 0 saturated carbocycles. The predicted octanol–water partition coefficient (Wildman–Crippen LogP) is 4.87. The Morgan fingerprint density at radius 1 is 1.29 bits per heavy atom. The Morgan fingerprint density at radius 3 is 2.71 bits per heavy atom. The lowest BCUT2D eigenvalue weighted by atomic mass is 9.97. The molecule has 0 radical (unpaired) electrons. The monoisotopic (exact) mass is 459 g/mol. The van der Waals surface area contributed by atoms with Crippen molar-refractivity contribution in [3.05, 3.63) is 61.1 Å². The lowest BCUT2D eigenvalue weighted by molar-refractivity contribution is 0.413. The molecule has 0 fully saturated rings. The summed E-state index contributed by atoms with van der Waals surface area (Å²) in [6.45, 7) is 2.15. The van der Waals surface area contributed by atoms with Gasteiger partial charge in [0.25, 0.3) is 0 Å². The molecule has 2 aromatic rings. The average molecular weight is 460 g/mol. The first kappa shape index (κ1) is 16.8. The Kier molecular flexibility index (Phi) is 6.08. The van der Waals surface area contributed by atoms with Crippen LogP contribution in [-0.2, 0) is 6.42 Å². The average Bonchev–Trinajstić information content (AvgIpc) is 2.49. The van der Waals surface area contributed by atoms with Gasteiger partial charge in [0.1, 0.15) is 5.75 Å². The van der Waals surface area contributed by atoms with Crippen molar-refractivity contribution in [2.24, 2.45) is 0 Å². The van der Waals surface area contributed by atoms with Crippen molar-refractivity contribution < 1.29 is 4.74 Å². The fourth-order valence-electron chi connectivity index (χ4n) is 2.36. The quantitative estimate of drug-likeness (QED) is 0.643. The van der Waals surface area contributed by atoms with Gasteiger partial charge in [-0.05, 0) is 77.9 Å². The zero-order valence-corrected chi connectivity index (χ0v) is 16.2. The van der Waals surface area contributed by atoms with E-state index in [0.29, 0.717) is 0 Å². The molecular formula is C17H19BrINO. The molecule has 21 heavy (non-hydrogen) atoms. The van der Waals surface area contributed by atoms with Crippen LogP contribution in [0.4, 0.5) is 0 Å². The van der Waals surface area contributed by atoms with E-state index in [1.807, 2.05) is 19.2 Å². The van der Waals surface area contributed by atoms with E-state index in [-0.39, 0.29) is 6.04 Å². The van der Waals surface area contributed by atoms with Crippen LogP contribution in [0.15, 0.2) is 40.9 Å². The van der Waals surface area contributed by atoms with Gasteiger partial charge in [0.2, 0.25) is 0 Å². The molecule has 112 valence electrons. The highest BCUT2D eigenvalue weighted by Crippen LogP contribution is 2.30. The summed E-state index contributed by atoms with van der Waals surface area (Å²) in [4.78, 5) is 0. The number of hydrogen-bond acceptors (Lipinski definition) is 2. The zero-order valence-electron chi connectivity index (χ0n) is 12.4. The van der Waals surface area contributed by atoms with E-state index < -0.39 is 0 Å². The number of hydrogen-bond donors (Lipinski definition) is 1. The van der Waals surface area contributed by atoms with Crippen LogP contribution in [0.1, 0.15) is 22.7 Å². The molecule has 0 spiro atoms. The Balaban J connectivity index is 2.33. The molecule has 0 aliphatic heterocycles. The summed E-state index contributed by atoms with van der Waals surface area (Å²) in [5.41, 5.74) is 3.90. The highest BCUT2D eigenvalue weighted by atomic mass is 127. The summed E-state index contributed by atoms with van der Waals surface area (Å²) in [5.74, 6) is 0.891. The summed E-state index contributed by atoms with van der Waals surface area (Å²) < 4.78 is 7.78. The second-order valence-corrected chi connectivity index (χ2v) is 6.91. The molecule has 0 amide bonds. The van der Waals surface area contributed by atoms with Crippen LogP contribution in [0, 0.1) is 10.5 Å². The molecule has 1 unspecified atom stereocenters. The van der Waals surface area contributed by atoms with Crippen molar-refractivity contribution in [1.82, 2.24) is 5.32 Å². The number of rotatable bonds is 5. The van der Waals surface area contributed by atoms with Gasteiger partial charge in [0.05, 0.1) is 7.11 Å². The van der Waals surface area contributed by atoms with E-state index in [9.17, 15) is 0 Å². The Labute approximate surface area is 148 Å². The van der Waals surface area contributed by atoms with Crippen molar-refractivity contribution in [2.75, 3.05) is 14.2 Å². The minimum absolute atomic E-state index is 0.278. The molecule has 1 atom stereocenters. The standard InChI is InChI=1S/C17H19BrINO/c1-11-5-4-6-14(17(11)19)16(20-2)10-12-9-13(21-3)7-8-15(12)18/h4-9,16,20H,10H2,1-3H3. The fourth-order valence-corrected chi connectivity index (χ4v) is 3.51. The van der Waals surface area contributed by atoms with E-state index in [1.165, 1.54) is 20.3 Å². The van der Waals surface area contributed by atoms with Gasteiger partial charge in [-0.1, -0.05) is 34.1 Å². The van der Waals surface area contributed by atoms with E-state index in [4.69, 9.17) is 4.74 Å². The fraction of sp³-hybridized carbons (Fsp3) is 0.294. The minimum atomic E-state index is 0.278. The summed E-state index contributed by atoms with van der Waals surface area (Å²) in [6.07, 6.45) is 0.910. The number of aryl methyl sites for hydroxylation is 1. The van der Waals surface area contributed by atoms with Crippen LogP contribution in [0.2, 0.25) is 0 Å². The number of methoxy groups -OCH3 is 1. The molecule has 0 bridgehead atoms. The maximum absolute atomic E-state index is 5.33. The van der Waals surface area contributed by atoms with Gasteiger partial charge in [-0.25, -0.2) is 0 Å². The summed E-state index contributed by atoms with van der Waals surface area (Å²) >= 11 is 6.07. The zero-order chi connectivity index (χ0) is 15.4. The van der Waals surface area contributed by atoms with Crippen molar-refractivity contribution in [2.45, 2.75) is 19.4 Å². The Hall–Kier alpha value is -0.590. The van der Waals surface area contributed by atoms with Gasteiger partial charge in [0, 0.05) is 14.1 Å². The molecule has 0 saturated heterocycles. The smallest absolute Gasteiger partial charge is 0.119 e. The predicted molar refractivity (Wildman–Crippen MR) is 100 cm³/mol. The third kappa shape index (κ3) is 3.99. The van der Waals surface area contributed by atoms with E-state index in [2.05, 4.69) is 75.0 Å². The molecule has 0 aliphatic rings. The van der Waals surface area contributed by atoms with Crippen LogP contribution in [0.5, 0.6) is 5.75 Å². The van der Waals surface area contributed by atoms with E-state index >= 15 is 0 Å². The lowest BCUT2D eigenvalue weighted by Crippen LogP contribution is -2.20. The van der Waals surface area contributed by atoms with E-state index in [0.717, 1.165) is 16.6 Å². The number of ether oxygens (including phenoxy) is 1. The highest BCUT2D eigenvalue weighted by Gasteiger charge is 2.16. The number of benzene rings is 2. The van der Waals surface area contributed by atoms with Crippen molar-refractivity contribution in [3.63, 3.8) is 0 Å². The summed E-state index contributed by atoms with van der Waals surface area (Å²) in [6, 6.07) is 12.9. The van der Waals surface area contributed by atoms with Gasteiger partial charge in [-0.15, -0.1) is 0 Å². The summed E-state index contributed by atoms with van der Waals surface area (Å²) in [5, 5.41) is 3.43. The molecule has 2 nitrogen and oxygen atoms in total. The maximum atomic E-state index is 5.33. The molecule has 1 N–H and O–H groups in total. The molecule has 0 heterocycles. The van der Waals surface area contributed by atoms with Gasteiger partial charge in [-0.3, -0.25) is 0 Å². The molecule has 0 aromatic heterocycles. The van der Waals surface area contributed by atoms with E-state index in [1.54, 1.807) is 7.11 Å². The molecule has 2 rings (SSSR count). The summed E-state index contributed by atoms with van der Waals surface area (Å²) in [7, 11) is 3.71. The number of halogens is 2. The van der Waals surface area contributed by atoms with Gasteiger partial charge >= 0.3 is 0 Å². The minimum Gasteiger partial charge on any atom is -0.497 e. The molecule has 4 heteroatoms. The van der Waals surface area contributed by atoms with Gasteiger partial charge in [0.15, 0.2) is 0 Å². The topological polar surface area (TPSA) is 21.3 Å². The third-order valence-electron chi connectivity index (χ3n) is 3.62. The molecule has 0 aliphatic carbocycles. The first-order valence-electron chi connectivity index (χ1n) is 6.81. The first-order valence-corrected chi connectivity index (χ1v) is 8.68. The Morgan fingerprint density at radius 2 is 2.05 bits per heavy atom. The van der Waals surface area contributed by atoms with Crippen LogP contribution >= 0.6 is 38.5 Å². The molecule has 2 aromatic carbocycles.